The second-order valence-corrected chi connectivity index (χ2v) is 4.38. The van der Waals surface area contributed by atoms with Gasteiger partial charge in [-0.3, -0.25) is 0 Å². The highest BCUT2D eigenvalue weighted by molar-refractivity contribution is 6.31. The SMILES string of the molecule is CC(C)c1cnc(N)c2cc(Cl)ccc12. The van der Waals surface area contributed by atoms with E-state index in [1.165, 1.54) is 5.56 Å². The van der Waals surface area contributed by atoms with Crippen LogP contribution in [0, 0.1) is 0 Å². The molecule has 15 heavy (non-hydrogen) atoms. The number of pyridine rings is 1. The Kier molecular flexibility index (Phi) is 2.53. The zero-order valence-electron chi connectivity index (χ0n) is 8.79. The van der Waals surface area contributed by atoms with Crippen molar-refractivity contribution in [2.75, 3.05) is 5.73 Å². The van der Waals surface area contributed by atoms with Gasteiger partial charge in [-0.15, -0.1) is 0 Å². The number of hydrogen-bond acceptors (Lipinski definition) is 2. The van der Waals surface area contributed by atoms with E-state index >= 15 is 0 Å². The van der Waals surface area contributed by atoms with Crippen LogP contribution in [-0.4, -0.2) is 4.98 Å². The molecule has 1 heterocycles. The van der Waals surface area contributed by atoms with E-state index in [0.29, 0.717) is 16.8 Å². The normalized spacial score (nSPS) is 11.2. The van der Waals surface area contributed by atoms with E-state index in [1.54, 1.807) is 0 Å². The Bertz CT molecular complexity index is 506. The van der Waals surface area contributed by atoms with Gasteiger partial charge in [0, 0.05) is 16.6 Å². The molecule has 2 nitrogen and oxygen atoms in total. The molecule has 2 rings (SSSR count). The summed E-state index contributed by atoms with van der Waals surface area (Å²) in [6.45, 7) is 4.28. The van der Waals surface area contributed by atoms with Crippen molar-refractivity contribution in [3.8, 4) is 0 Å². The lowest BCUT2D eigenvalue weighted by Gasteiger charge is -2.10. The van der Waals surface area contributed by atoms with Gasteiger partial charge in [-0.2, -0.15) is 0 Å². The van der Waals surface area contributed by atoms with Gasteiger partial charge in [0.2, 0.25) is 0 Å². The second-order valence-electron chi connectivity index (χ2n) is 3.94. The summed E-state index contributed by atoms with van der Waals surface area (Å²) >= 11 is 5.94. The first kappa shape index (κ1) is 10.2. The van der Waals surface area contributed by atoms with E-state index in [4.69, 9.17) is 17.3 Å². The third kappa shape index (κ3) is 1.77. The van der Waals surface area contributed by atoms with E-state index in [-0.39, 0.29) is 0 Å². The van der Waals surface area contributed by atoms with Crippen LogP contribution in [0.3, 0.4) is 0 Å². The third-order valence-corrected chi connectivity index (χ3v) is 2.77. The average molecular weight is 221 g/mol. The molecule has 0 radical (unpaired) electrons. The van der Waals surface area contributed by atoms with Crippen molar-refractivity contribution in [3.63, 3.8) is 0 Å². The number of rotatable bonds is 1. The number of benzene rings is 1. The molecule has 0 spiro atoms. The van der Waals surface area contributed by atoms with E-state index in [0.717, 1.165) is 10.8 Å². The van der Waals surface area contributed by atoms with Crippen LogP contribution in [0.25, 0.3) is 10.8 Å². The van der Waals surface area contributed by atoms with Crippen molar-refractivity contribution in [2.45, 2.75) is 19.8 Å². The van der Waals surface area contributed by atoms with Crippen molar-refractivity contribution in [1.29, 1.82) is 0 Å². The maximum Gasteiger partial charge on any atom is 0.131 e. The van der Waals surface area contributed by atoms with Gasteiger partial charge in [0.15, 0.2) is 0 Å². The first-order chi connectivity index (χ1) is 7.09. The van der Waals surface area contributed by atoms with Gasteiger partial charge in [-0.25, -0.2) is 4.98 Å². The van der Waals surface area contributed by atoms with Crippen LogP contribution in [0.1, 0.15) is 25.3 Å². The number of nitrogens with two attached hydrogens (primary N) is 1. The Morgan fingerprint density at radius 1 is 1.27 bits per heavy atom. The number of halogens is 1. The minimum absolute atomic E-state index is 0.432. The average Bonchev–Trinajstić information content (AvgIpc) is 2.19. The fourth-order valence-corrected chi connectivity index (χ4v) is 1.89. The number of nitrogens with zero attached hydrogens (tertiary/aromatic N) is 1. The van der Waals surface area contributed by atoms with E-state index < -0.39 is 0 Å². The maximum atomic E-state index is 5.94. The molecule has 0 bridgehead atoms. The van der Waals surface area contributed by atoms with Gasteiger partial charge >= 0.3 is 0 Å². The summed E-state index contributed by atoms with van der Waals surface area (Å²) in [5, 5.41) is 2.77. The van der Waals surface area contributed by atoms with Crippen molar-refractivity contribution in [2.24, 2.45) is 0 Å². The molecule has 0 aliphatic carbocycles. The van der Waals surface area contributed by atoms with Gasteiger partial charge in [0.05, 0.1) is 0 Å². The summed E-state index contributed by atoms with van der Waals surface area (Å²) in [5.74, 6) is 0.971. The van der Waals surface area contributed by atoms with Gasteiger partial charge in [0.25, 0.3) is 0 Å². The monoisotopic (exact) mass is 220 g/mol. The molecule has 0 saturated heterocycles. The van der Waals surface area contributed by atoms with Crippen molar-refractivity contribution in [1.82, 2.24) is 4.98 Å². The molecule has 3 heteroatoms. The lowest BCUT2D eigenvalue weighted by Crippen LogP contribution is -1.97. The predicted molar refractivity (Wildman–Crippen MR) is 65.3 cm³/mol. The van der Waals surface area contributed by atoms with E-state index in [9.17, 15) is 0 Å². The van der Waals surface area contributed by atoms with Gasteiger partial charge in [-0.1, -0.05) is 31.5 Å². The fourth-order valence-electron chi connectivity index (χ4n) is 1.72. The first-order valence-corrected chi connectivity index (χ1v) is 5.31. The maximum absolute atomic E-state index is 5.94. The molecule has 0 atom stereocenters. The molecular weight excluding hydrogens is 208 g/mol. The summed E-state index contributed by atoms with van der Waals surface area (Å²) in [7, 11) is 0. The summed E-state index contributed by atoms with van der Waals surface area (Å²) in [6.07, 6.45) is 1.84. The molecule has 78 valence electrons. The molecule has 0 aliphatic rings. The Morgan fingerprint density at radius 3 is 2.67 bits per heavy atom. The molecule has 0 amide bonds. The van der Waals surface area contributed by atoms with Crippen LogP contribution in [0.4, 0.5) is 5.82 Å². The van der Waals surface area contributed by atoms with Crippen LogP contribution in [0.2, 0.25) is 5.02 Å². The van der Waals surface area contributed by atoms with Crippen LogP contribution < -0.4 is 5.73 Å². The highest BCUT2D eigenvalue weighted by atomic mass is 35.5. The van der Waals surface area contributed by atoms with Gasteiger partial charge in [0.1, 0.15) is 5.82 Å². The first-order valence-electron chi connectivity index (χ1n) is 4.93. The number of fused-ring (bicyclic) bond motifs is 1. The Balaban J connectivity index is 2.82. The van der Waals surface area contributed by atoms with Crippen LogP contribution >= 0.6 is 11.6 Å². The molecule has 0 fully saturated rings. The molecule has 2 N–H and O–H groups in total. The Labute approximate surface area is 94.1 Å². The summed E-state index contributed by atoms with van der Waals surface area (Å²) in [6, 6.07) is 5.76. The van der Waals surface area contributed by atoms with E-state index in [2.05, 4.69) is 18.8 Å². The van der Waals surface area contributed by atoms with E-state index in [1.807, 2.05) is 24.4 Å². The summed E-state index contributed by atoms with van der Waals surface area (Å²) in [4.78, 5) is 4.19. The topological polar surface area (TPSA) is 38.9 Å². The molecule has 0 aliphatic heterocycles. The van der Waals surface area contributed by atoms with Gasteiger partial charge < -0.3 is 5.73 Å². The minimum atomic E-state index is 0.432. The molecule has 1 aromatic heterocycles. The van der Waals surface area contributed by atoms with Crippen LogP contribution in [0.5, 0.6) is 0 Å². The number of anilines is 1. The zero-order valence-corrected chi connectivity index (χ0v) is 9.55. The van der Waals surface area contributed by atoms with Crippen molar-refractivity contribution < 1.29 is 0 Å². The smallest absolute Gasteiger partial charge is 0.131 e. The van der Waals surface area contributed by atoms with Crippen molar-refractivity contribution >= 4 is 28.2 Å². The lowest BCUT2D eigenvalue weighted by molar-refractivity contribution is 0.869. The zero-order chi connectivity index (χ0) is 11.0. The number of hydrogen-bond donors (Lipinski definition) is 1. The van der Waals surface area contributed by atoms with Crippen molar-refractivity contribution in [3.05, 3.63) is 35.0 Å². The molecule has 0 saturated carbocycles. The van der Waals surface area contributed by atoms with Gasteiger partial charge in [-0.05, 0) is 29.0 Å². The standard InChI is InChI=1S/C12H13ClN2/c1-7(2)11-6-15-12(14)10-5-8(13)3-4-9(10)11/h3-7H,1-2H3,(H2,14,15). The number of aromatic nitrogens is 1. The molecule has 2 aromatic rings. The highest BCUT2D eigenvalue weighted by Gasteiger charge is 2.08. The Hall–Kier alpha value is -1.28. The predicted octanol–water partition coefficient (Wildman–Crippen LogP) is 3.59. The fraction of sp³-hybridized carbons (Fsp3) is 0.250. The summed E-state index contributed by atoms with van der Waals surface area (Å²) in [5.41, 5.74) is 7.03. The molecule has 0 unspecified atom stereocenters. The number of nitrogen functional groups attached to an aromatic ring is 1. The quantitative estimate of drug-likeness (QED) is 0.798. The molecule has 1 aromatic carbocycles. The van der Waals surface area contributed by atoms with Crippen LogP contribution in [0.15, 0.2) is 24.4 Å². The van der Waals surface area contributed by atoms with Crippen LogP contribution in [-0.2, 0) is 0 Å². The largest absolute Gasteiger partial charge is 0.383 e. The highest BCUT2D eigenvalue weighted by Crippen LogP contribution is 2.29. The third-order valence-electron chi connectivity index (χ3n) is 2.53. The Morgan fingerprint density at radius 2 is 2.00 bits per heavy atom. The minimum Gasteiger partial charge on any atom is -0.383 e. The summed E-state index contributed by atoms with van der Waals surface area (Å²) < 4.78 is 0. The second kappa shape index (κ2) is 3.70. The lowest BCUT2D eigenvalue weighted by atomic mass is 9.98. The molecular formula is C12H13ClN2.